The van der Waals surface area contributed by atoms with Crippen molar-refractivity contribution in [3.8, 4) is 17.1 Å². The van der Waals surface area contributed by atoms with Gasteiger partial charge in [-0.05, 0) is 66.6 Å². The fourth-order valence-electron chi connectivity index (χ4n) is 2.60. The summed E-state index contributed by atoms with van der Waals surface area (Å²) in [5, 5.41) is 25.9. The molecule has 0 fully saturated rings. The SMILES string of the molecule is COc1cc(C)c(/C(=N/O)n2nnc(-c3ccc(Cl)cc3)n2)c(C)c1. The van der Waals surface area contributed by atoms with Crippen LogP contribution in [0.5, 0.6) is 5.75 Å². The van der Waals surface area contributed by atoms with Crippen molar-refractivity contribution in [1.82, 2.24) is 20.2 Å². The third kappa shape index (κ3) is 3.32. The predicted molar refractivity (Wildman–Crippen MR) is 94.5 cm³/mol. The van der Waals surface area contributed by atoms with Crippen molar-refractivity contribution in [3.05, 3.63) is 58.1 Å². The normalized spacial score (nSPS) is 11.6. The first kappa shape index (κ1) is 16.9. The lowest BCUT2D eigenvalue weighted by molar-refractivity contribution is 0.315. The molecule has 7 nitrogen and oxygen atoms in total. The van der Waals surface area contributed by atoms with Gasteiger partial charge in [-0.2, -0.15) is 0 Å². The number of hydrogen-bond acceptors (Lipinski definition) is 6. The number of aromatic nitrogens is 4. The minimum Gasteiger partial charge on any atom is -0.497 e. The Morgan fingerprint density at radius 1 is 1.16 bits per heavy atom. The van der Waals surface area contributed by atoms with E-state index >= 15 is 0 Å². The van der Waals surface area contributed by atoms with Gasteiger partial charge in [-0.25, -0.2) is 0 Å². The number of methoxy groups -OCH3 is 1. The summed E-state index contributed by atoms with van der Waals surface area (Å²) in [4.78, 5) is 1.20. The highest BCUT2D eigenvalue weighted by Gasteiger charge is 2.18. The van der Waals surface area contributed by atoms with Crippen LogP contribution in [0.4, 0.5) is 0 Å². The van der Waals surface area contributed by atoms with E-state index < -0.39 is 0 Å². The molecular formula is C17H16ClN5O2. The highest BCUT2D eigenvalue weighted by Crippen LogP contribution is 2.23. The number of halogens is 1. The zero-order valence-corrected chi connectivity index (χ0v) is 14.7. The second-order valence-electron chi connectivity index (χ2n) is 5.47. The van der Waals surface area contributed by atoms with Gasteiger partial charge in [0.25, 0.3) is 0 Å². The number of rotatable bonds is 3. The maximum Gasteiger partial charge on any atom is 0.222 e. The lowest BCUT2D eigenvalue weighted by atomic mass is 10.0. The van der Waals surface area contributed by atoms with Gasteiger partial charge in [0.05, 0.1) is 7.11 Å². The molecule has 0 unspecified atom stereocenters. The molecule has 0 radical (unpaired) electrons. The molecule has 8 heteroatoms. The second-order valence-corrected chi connectivity index (χ2v) is 5.91. The first-order valence-corrected chi connectivity index (χ1v) is 7.85. The van der Waals surface area contributed by atoms with E-state index in [4.69, 9.17) is 16.3 Å². The quantitative estimate of drug-likeness (QED) is 0.336. The zero-order chi connectivity index (χ0) is 18.0. The molecule has 0 atom stereocenters. The van der Waals surface area contributed by atoms with E-state index in [-0.39, 0.29) is 5.84 Å². The van der Waals surface area contributed by atoms with Gasteiger partial charge in [-0.3, -0.25) is 0 Å². The molecule has 0 aliphatic rings. The lowest BCUT2D eigenvalue weighted by Gasteiger charge is -2.12. The molecule has 0 saturated heterocycles. The van der Waals surface area contributed by atoms with Crippen LogP contribution in [0.1, 0.15) is 16.7 Å². The summed E-state index contributed by atoms with van der Waals surface area (Å²) in [7, 11) is 1.60. The van der Waals surface area contributed by atoms with E-state index in [1.807, 2.05) is 26.0 Å². The van der Waals surface area contributed by atoms with Crippen molar-refractivity contribution in [2.24, 2.45) is 5.16 Å². The maximum absolute atomic E-state index is 9.54. The van der Waals surface area contributed by atoms with E-state index in [0.29, 0.717) is 16.4 Å². The van der Waals surface area contributed by atoms with Crippen molar-refractivity contribution in [2.75, 3.05) is 7.11 Å². The molecular weight excluding hydrogens is 342 g/mol. The van der Waals surface area contributed by atoms with Crippen molar-refractivity contribution in [2.45, 2.75) is 13.8 Å². The Morgan fingerprint density at radius 3 is 2.36 bits per heavy atom. The van der Waals surface area contributed by atoms with E-state index in [1.54, 1.807) is 31.4 Å². The largest absolute Gasteiger partial charge is 0.497 e. The van der Waals surface area contributed by atoms with Gasteiger partial charge in [0.2, 0.25) is 11.7 Å². The molecule has 3 aromatic rings. The van der Waals surface area contributed by atoms with Gasteiger partial charge in [0.1, 0.15) is 5.75 Å². The standard InChI is InChI=1S/C17H16ClN5O2/c1-10-8-14(25-3)9-11(2)15(10)17(21-24)23-20-16(19-22-23)12-4-6-13(18)7-5-12/h4-9,24H,1-3H3/b21-17-. The minimum atomic E-state index is 0.186. The molecule has 0 spiro atoms. The Labute approximate surface area is 149 Å². The Kier molecular flexibility index (Phi) is 4.67. The topological polar surface area (TPSA) is 85.4 Å². The lowest BCUT2D eigenvalue weighted by Crippen LogP contribution is -2.19. The number of oxime groups is 1. The highest BCUT2D eigenvalue weighted by molar-refractivity contribution is 6.30. The zero-order valence-electron chi connectivity index (χ0n) is 13.9. The molecule has 3 rings (SSSR count). The molecule has 25 heavy (non-hydrogen) atoms. The number of hydrogen-bond donors (Lipinski definition) is 1. The van der Waals surface area contributed by atoms with E-state index in [9.17, 15) is 5.21 Å². The third-order valence-corrected chi connectivity index (χ3v) is 4.02. The monoisotopic (exact) mass is 357 g/mol. The van der Waals surface area contributed by atoms with Crippen LogP contribution < -0.4 is 4.74 Å². The molecule has 1 aromatic heterocycles. The van der Waals surface area contributed by atoms with Gasteiger partial charge < -0.3 is 9.94 Å². The summed E-state index contributed by atoms with van der Waals surface area (Å²) in [5.74, 6) is 1.32. The summed E-state index contributed by atoms with van der Waals surface area (Å²) < 4.78 is 5.26. The fourth-order valence-corrected chi connectivity index (χ4v) is 2.73. The maximum atomic E-state index is 9.54. The van der Waals surface area contributed by atoms with Crippen LogP contribution in [-0.4, -0.2) is 38.4 Å². The summed E-state index contributed by atoms with van der Waals surface area (Å²) in [5.41, 5.74) is 3.21. The number of nitrogens with zero attached hydrogens (tertiary/aromatic N) is 5. The fraction of sp³-hybridized carbons (Fsp3) is 0.176. The van der Waals surface area contributed by atoms with Crippen molar-refractivity contribution in [3.63, 3.8) is 0 Å². The van der Waals surface area contributed by atoms with Crippen LogP contribution in [-0.2, 0) is 0 Å². The van der Waals surface area contributed by atoms with Crippen molar-refractivity contribution >= 4 is 17.4 Å². The van der Waals surface area contributed by atoms with E-state index in [1.165, 1.54) is 4.80 Å². The first-order chi connectivity index (χ1) is 12.0. The van der Waals surface area contributed by atoms with Crippen molar-refractivity contribution in [1.29, 1.82) is 0 Å². The molecule has 0 saturated carbocycles. The summed E-state index contributed by atoms with van der Waals surface area (Å²) in [6.07, 6.45) is 0. The van der Waals surface area contributed by atoms with Crippen LogP contribution in [0.2, 0.25) is 5.02 Å². The Balaban J connectivity index is 2.02. The third-order valence-electron chi connectivity index (χ3n) is 3.77. The Morgan fingerprint density at radius 2 is 1.80 bits per heavy atom. The number of ether oxygens (including phenoxy) is 1. The van der Waals surface area contributed by atoms with Crippen molar-refractivity contribution < 1.29 is 9.94 Å². The minimum absolute atomic E-state index is 0.186. The molecule has 0 amide bonds. The van der Waals surface area contributed by atoms with Gasteiger partial charge in [-0.1, -0.05) is 16.8 Å². The van der Waals surface area contributed by atoms with Crippen LogP contribution in [0, 0.1) is 13.8 Å². The van der Waals surface area contributed by atoms with E-state index in [2.05, 4.69) is 20.6 Å². The summed E-state index contributed by atoms with van der Waals surface area (Å²) in [6, 6.07) is 10.8. The molecule has 0 bridgehead atoms. The second kappa shape index (κ2) is 6.90. The van der Waals surface area contributed by atoms with Gasteiger partial charge in [-0.15, -0.1) is 15.0 Å². The first-order valence-electron chi connectivity index (χ1n) is 7.47. The summed E-state index contributed by atoms with van der Waals surface area (Å²) >= 11 is 5.89. The highest BCUT2D eigenvalue weighted by atomic mass is 35.5. The molecule has 0 aliphatic heterocycles. The Bertz CT molecular complexity index is 911. The van der Waals surface area contributed by atoms with Gasteiger partial charge in [0.15, 0.2) is 0 Å². The molecule has 128 valence electrons. The molecule has 2 aromatic carbocycles. The predicted octanol–water partition coefficient (Wildman–Crippen LogP) is 3.30. The molecule has 1 N–H and O–H groups in total. The van der Waals surface area contributed by atoms with Crippen LogP contribution in [0.25, 0.3) is 11.4 Å². The number of tetrazole rings is 1. The van der Waals surface area contributed by atoms with Gasteiger partial charge >= 0.3 is 0 Å². The van der Waals surface area contributed by atoms with Crippen LogP contribution in [0.15, 0.2) is 41.6 Å². The number of aryl methyl sites for hydroxylation is 2. The summed E-state index contributed by atoms with van der Waals surface area (Å²) in [6.45, 7) is 3.79. The molecule has 1 heterocycles. The average molecular weight is 358 g/mol. The number of benzene rings is 2. The Hall–Kier alpha value is -2.93. The molecule has 0 aliphatic carbocycles. The van der Waals surface area contributed by atoms with E-state index in [0.717, 1.165) is 22.4 Å². The smallest absolute Gasteiger partial charge is 0.222 e. The average Bonchev–Trinajstić information content (AvgIpc) is 3.08. The van der Waals surface area contributed by atoms with Gasteiger partial charge in [0, 0.05) is 16.1 Å². The van der Waals surface area contributed by atoms with Crippen LogP contribution in [0.3, 0.4) is 0 Å². The van der Waals surface area contributed by atoms with Crippen LogP contribution >= 0.6 is 11.6 Å².